The summed E-state index contributed by atoms with van der Waals surface area (Å²) in [6.07, 6.45) is 0. The van der Waals surface area contributed by atoms with Crippen molar-refractivity contribution in [2.24, 2.45) is 11.8 Å². The van der Waals surface area contributed by atoms with Gasteiger partial charge in [0.15, 0.2) is 12.4 Å². The summed E-state index contributed by atoms with van der Waals surface area (Å²) in [5.74, 6) is -4.11. The number of carbonyl (C=O) groups is 5. The number of ether oxygens (including phenoxy) is 1. The fraction of sp³-hybridized carbons (Fsp3) is 0.258. The normalized spacial score (nSPS) is 23.0. The van der Waals surface area contributed by atoms with E-state index in [2.05, 4.69) is 5.32 Å². The summed E-state index contributed by atoms with van der Waals surface area (Å²) in [6.45, 7) is 2.27. The first-order valence-corrected chi connectivity index (χ1v) is 12.9. The van der Waals surface area contributed by atoms with E-state index in [0.717, 1.165) is 27.2 Å². The number of likely N-dealkylation sites (tertiary alicyclic amines) is 1. The molecule has 1 N–H and O–H groups in total. The Morgan fingerprint density at radius 2 is 1.33 bits per heavy atom. The minimum Gasteiger partial charge on any atom is -0.454 e. The third kappa shape index (κ3) is 3.86. The van der Waals surface area contributed by atoms with Crippen LogP contribution < -0.4 is 5.32 Å². The number of benzene rings is 3. The molecule has 1 saturated heterocycles. The van der Waals surface area contributed by atoms with Crippen LogP contribution in [0.5, 0.6) is 0 Å². The number of imide groups is 1. The van der Waals surface area contributed by atoms with Crippen LogP contribution in [-0.2, 0) is 23.9 Å². The van der Waals surface area contributed by atoms with Crippen LogP contribution in [0.2, 0.25) is 0 Å². The van der Waals surface area contributed by atoms with Crippen molar-refractivity contribution < 1.29 is 28.7 Å². The zero-order chi connectivity index (χ0) is 27.4. The van der Waals surface area contributed by atoms with Gasteiger partial charge in [-0.25, -0.2) is 4.79 Å². The second-order valence-electron chi connectivity index (χ2n) is 10.3. The van der Waals surface area contributed by atoms with E-state index in [-0.39, 0.29) is 29.4 Å². The quantitative estimate of drug-likeness (QED) is 0.301. The third-order valence-electron chi connectivity index (χ3n) is 8.11. The summed E-state index contributed by atoms with van der Waals surface area (Å²) >= 11 is 0. The van der Waals surface area contributed by atoms with E-state index in [1.165, 1.54) is 19.9 Å². The predicted molar refractivity (Wildman–Crippen MR) is 141 cm³/mol. The van der Waals surface area contributed by atoms with Crippen molar-refractivity contribution in [1.82, 2.24) is 4.90 Å². The molecule has 0 saturated carbocycles. The average Bonchev–Trinajstić information content (AvgIpc) is 3.21. The fourth-order valence-corrected chi connectivity index (χ4v) is 6.46. The monoisotopic (exact) mass is 522 g/mol. The van der Waals surface area contributed by atoms with Gasteiger partial charge in [-0.1, -0.05) is 60.7 Å². The third-order valence-corrected chi connectivity index (χ3v) is 8.11. The molecular formula is C31H26N2O6. The molecule has 0 radical (unpaired) electrons. The molecule has 4 aliphatic rings. The van der Waals surface area contributed by atoms with Crippen molar-refractivity contribution in [2.45, 2.75) is 31.7 Å². The Hall–Kier alpha value is -4.59. The van der Waals surface area contributed by atoms with Crippen LogP contribution in [0.4, 0.5) is 5.69 Å². The van der Waals surface area contributed by atoms with Gasteiger partial charge in [-0.05, 0) is 48.2 Å². The van der Waals surface area contributed by atoms with Crippen molar-refractivity contribution >= 4 is 35.2 Å². The highest BCUT2D eigenvalue weighted by atomic mass is 16.5. The van der Waals surface area contributed by atoms with Crippen molar-refractivity contribution in [1.29, 1.82) is 0 Å². The number of nitrogens with one attached hydrogen (secondary N) is 1. The van der Waals surface area contributed by atoms with E-state index in [1.54, 1.807) is 18.2 Å². The molecule has 2 bridgehead atoms. The maximum atomic E-state index is 13.8. The number of hydrogen-bond donors (Lipinski definition) is 1. The maximum Gasteiger partial charge on any atom is 0.329 e. The first kappa shape index (κ1) is 24.7. The first-order valence-electron chi connectivity index (χ1n) is 12.9. The van der Waals surface area contributed by atoms with Crippen LogP contribution in [0.15, 0.2) is 72.8 Å². The minimum absolute atomic E-state index is 0.147. The molecule has 1 fully saturated rings. The Labute approximate surface area is 225 Å². The average molecular weight is 523 g/mol. The van der Waals surface area contributed by atoms with Gasteiger partial charge in [0.05, 0.1) is 11.8 Å². The van der Waals surface area contributed by atoms with Crippen LogP contribution in [0.3, 0.4) is 0 Å². The predicted octanol–water partition coefficient (Wildman–Crippen LogP) is 3.65. The maximum absolute atomic E-state index is 13.8. The molecular weight excluding hydrogens is 496 g/mol. The highest BCUT2D eigenvalue weighted by molar-refractivity contribution is 6.10. The highest BCUT2D eigenvalue weighted by Crippen LogP contribution is 2.61. The lowest BCUT2D eigenvalue weighted by molar-refractivity contribution is -0.159. The number of amides is 3. The lowest BCUT2D eigenvalue weighted by atomic mass is 9.55. The van der Waals surface area contributed by atoms with Gasteiger partial charge in [0.25, 0.3) is 5.91 Å². The number of hydrogen-bond acceptors (Lipinski definition) is 6. The zero-order valence-corrected chi connectivity index (χ0v) is 21.4. The smallest absolute Gasteiger partial charge is 0.329 e. The lowest BCUT2D eigenvalue weighted by Crippen LogP contribution is -2.45. The minimum atomic E-state index is -1.19. The molecule has 3 atom stereocenters. The number of rotatable bonds is 6. The van der Waals surface area contributed by atoms with Crippen molar-refractivity contribution in [3.8, 4) is 0 Å². The van der Waals surface area contributed by atoms with E-state index in [0.29, 0.717) is 11.3 Å². The summed E-state index contributed by atoms with van der Waals surface area (Å²) < 4.78 is 5.21. The van der Waals surface area contributed by atoms with Crippen molar-refractivity contribution in [3.63, 3.8) is 0 Å². The van der Waals surface area contributed by atoms with E-state index < -0.39 is 36.4 Å². The standard InChI is InChI=1S/C31H26N2O6/c1-16(31(38)39-15-24(35)32-19-9-7-8-18(14-19)17(2)34)33-29(36)27-25-20-10-3-4-11-21(20)26(28(27)30(33)37)23-13-6-5-12-22(23)25/h3-14,16,25-28H,15H2,1-2H3,(H,32,35)/t16-,25?,26?,27-,28-/m0/s1. The topological polar surface area (TPSA) is 110 Å². The molecule has 0 spiro atoms. The van der Waals surface area contributed by atoms with Gasteiger partial charge in [0.2, 0.25) is 11.8 Å². The molecule has 196 valence electrons. The van der Waals surface area contributed by atoms with E-state index in [4.69, 9.17) is 4.74 Å². The van der Waals surface area contributed by atoms with Gasteiger partial charge < -0.3 is 10.1 Å². The van der Waals surface area contributed by atoms with Gasteiger partial charge in [-0.15, -0.1) is 0 Å². The molecule has 3 aromatic rings. The molecule has 0 aromatic heterocycles. The Morgan fingerprint density at radius 1 is 0.821 bits per heavy atom. The number of nitrogens with zero attached hydrogens (tertiary/aromatic N) is 1. The van der Waals surface area contributed by atoms with Crippen LogP contribution in [-0.4, -0.2) is 47.0 Å². The Kier molecular flexibility index (Phi) is 5.90. The largest absolute Gasteiger partial charge is 0.454 e. The first-order chi connectivity index (χ1) is 18.8. The summed E-state index contributed by atoms with van der Waals surface area (Å²) in [6, 6.07) is 21.0. The second kappa shape index (κ2) is 9.31. The number of esters is 1. The van der Waals surface area contributed by atoms with Crippen LogP contribution >= 0.6 is 0 Å². The lowest BCUT2D eigenvalue weighted by Gasteiger charge is -2.45. The Morgan fingerprint density at radius 3 is 1.82 bits per heavy atom. The molecule has 1 heterocycles. The molecule has 3 aromatic carbocycles. The molecule has 39 heavy (non-hydrogen) atoms. The van der Waals surface area contributed by atoms with Gasteiger partial charge in [0.1, 0.15) is 6.04 Å². The number of carbonyl (C=O) groups excluding carboxylic acids is 5. The van der Waals surface area contributed by atoms with Crippen molar-refractivity contribution in [2.75, 3.05) is 11.9 Å². The molecule has 3 amide bonds. The molecule has 0 unspecified atom stereocenters. The van der Waals surface area contributed by atoms with Gasteiger partial charge in [0, 0.05) is 23.1 Å². The van der Waals surface area contributed by atoms with Gasteiger partial charge in [-0.2, -0.15) is 0 Å². The molecule has 8 heteroatoms. The van der Waals surface area contributed by atoms with E-state index in [9.17, 15) is 24.0 Å². The molecule has 3 aliphatic carbocycles. The summed E-state index contributed by atoms with van der Waals surface area (Å²) in [5, 5.41) is 2.58. The van der Waals surface area contributed by atoms with E-state index >= 15 is 0 Å². The number of Topliss-reactive ketones (excluding diaryl/α,β-unsaturated/α-hetero) is 1. The summed E-state index contributed by atoms with van der Waals surface area (Å²) in [4.78, 5) is 65.5. The van der Waals surface area contributed by atoms with Crippen molar-refractivity contribution in [3.05, 3.63) is 101 Å². The SMILES string of the molecule is CC(=O)c1cccc(NC(=O)COC(=O)[C@H](C)N2C(=O)[C@H]3C4c5ccccc5C(c5ccccc54)[C@@H]3C2=O)c1. The zero-order valence-electron chi connectivity index (χ0n) is 21.4. The molecule has 7 rings (SSSR count). The van der Waals surface area contributed by atoms with Crippen LogP contribution in [0.25, 0.3) is 0 Å². The number of anilines is 1. The van der Waals surface area contributed by atoms with Gasteiger partial charge >= 0.3 is 5.97 Å². The van der Waals surface area contributed by atoms with Gasteiger partial charge in [-0.3, -0.25) is 24.1 Å². The second-order valence-corrected chi connectivity index (χ2v) is 10.3. The Balaban J connectivity index is 1.19. The molecule has 8 nitrogen and oxygen atoms in total. The van der Waals surface area contributed by atoms with E-state index in [1.807, 2.05) is 48.5 Å². The molecule has 1 aliphatic heterocycles. The number of ketones is 1. The van der Waals surface area contributed by atoms with Crippen LogP contribution in [0.1, 0.15) is 58.3 Å². The highest BCUT2D eigenvalue weighted by Gasteiger charge is 2.62. The Bertz CT molecular complexity index is 1450. The van der Waals surface area contributed by atoms with Crippen LogP contribution in [0, 0.1) is 11.8 Å². The summed E-state index contributed by atoms with van der Waals surface area (Å²) in [5.41, 5.74) is 5.01. The summed E-state index contributed by atoms with van der Waals surface area (Å²) in [7, 11) is 0. The fourth-order valence-electron chi connectivity index (χ4n) is 6.46.